The predicted molar refractivity (Wildman–Crippen MR) is 68.0 cm³/mol. The van der Waals surface area contributed by atoms with Gasteiger partial charge in [-0.15, -0.1) is 0 Å². The first-order valence-corrected chi connectivity index (χ1v) is 6.89. The van der Waals surface area contributed by atoms with Crippen molar-refractivity contribution in [1.29, 1.82) is 5.26 Å². The molecule has 0 aromatic rings. The van der Waals surface area contributed by atoms with Gasteiger partial charge in [0.2, 0.25) is 5.91 Å². The molecule has 0 aliphatic carbocycles. The Kier molecular flexibility index (Phi) is 8.04. The third kappa shape index (κ3) is 5.38. The second-order valence-corrected chi connectivity index (χ2v) is 4.78. The molecule has 0 aromatic carbocycles. The van der Waals surface area contributed by atoms with Gasteiger partial charge >= 0.3 is 0 Å². The normalized spacial score (nSPS) is 13.9. The van der Waals surface area contributed by atoms with E-state index in [1.54, 1.807) is 16.7 Å². The van der Waals surface area contributed by atoms with Gasteiger partial charge in [-0.2, -0.15) is 17.0 Å². The minimum absolute atomic E-state index is 0.0429. The summed E-state index contributed by atoms with van der Waals surface area (Å²) in [6.07, 6.45) is 2.68. The number of hydrogen-bond donors (Lipinski definition) is 1. The van der Waals surface area contributed by atoms with Crippen molar-refractivity contribution in [3.05, 3.63) is 0 Å². The van der Waals surface area contributed by atoms with Crippen LogP contribution in [0.3, 0.4) is 0 Å². The minimum atomic E-state index is -0.432. The number of amides is 1. The molecule has 0 rings (SSSR count). The van der Waals surface area contributed by atoms with Gasteiger partial charge in [-0.1, -0.05) is 0 Å². The van der Waals surface area contributed by atoms with Crippen molar-refractivity contribution in [2.24, 2.45) is 11.7 Å². The summed E-state index contributed by atoms with van der Waals surface area (Å²) in [5.74, 6) is 0.702. The van der Waals surface area contributed by atoms with Gasteiger partial charge in [0.1, 0.15) is 0 Å². The molecule has 1 amide bonds. The van der Waals surface area contributed by atoms with Crippen molar-refractivity contribution < 1.29 is 4.79 Å². The number of nitriles is 1. The average Bonchev–Trinajstić information content (AvgIpc) is 2.31. The molecule has 4 nitrogen and oxygen atoms in total. The Morgan fingerprint density at radius 1 is 1.62 bits per heavy atom. The van der Waals surface area contributed by atoms with Gasteiger partial charge < -0.3 is 10.6 Å². The molecule has 0 heterocycles. The van der Waals surface area contributed by atoms with Crippen LogP contribution in [0, 0.1) is 17.2 Å². The van der Waals surface area contributed by atoms with Crippen molar-refractivity contribution in [2.75, 3.05) is 25.1 Å². The molecule has 0 saturated carbocycles. The molecule has 1 unspecified atom stereocenters. The summed E-state index contributed by atoms with van der Waals surface area (Å²) in [6.45, 7) is 4.79. The van der Waals surface area contributed by atoms with Crippen molar-refractivity contribution in [2.45, 2.75) is 26.3 Å². The van der Waals surface area contributed by atoms with Crippen molar-refractivity contribution in [1.82, 2.24) is 4.90 Å². The molecule has 2 atom stereocenters. The highest BCUT2D eigenvalue weighted by molar-refractivity contribution is 7.98. The lowest BCUT2D eigenvalue weighted by molar-refractivity contribution is -0.132. The number of carbonyl (C=O) groups is 1. The second kappa shape index (κ2) is 8.43. The largest absolute Gasteiger partial charge is 0.340 e. The van der Waals surface area contributed by atoms with Gasteiger partial charge in [-0.25, -0.2) is 0 Å². The van der Waals surface area contributed by atoms with E-state index in [4.69, 9.17) is 11.0 Å². The lowest BCUT2D eigenvalue weighted by atomic mass is 10.1. The summed E-state index contributed by atoms with van der Waals surface area (Å²) in [5, 5.41) is 8.72. The van der Waals surface area contributed by atoms with E-state index < -0.39 is 6.04 Å². The van der Waals surface area contributed by atoms with E-state index in [1.807, 2.05) is 20.1 Å². The van der Waals surface area contributed by atoms with Crippen molar-refractivity contribution in [3.63, 3.8) is 0 Å². The summed E-state index contributed by atoms with van der Waals surface area (Å²) in [5.41, 5.74) is 5.81. The SMILES string of the molecule is CCN(CC(C)C#N)C(=O)[C@H](N)CCSC. The molecule has 2 N–H and O–H groups in total. The van der Waals surface area contributed by atoms with E-state index in [1.165, 1.54) is 0 Å². The van der Waals surface area contributed by atoms with Gasteiger partial charge in [0.15, 0.2) is 0 Å². The summed E-state index contributed by atoms with van der Waals surface area (Å²) in [6, 6.07) is 1.70. The number of nitrogens with two attached hydrogens (primary N) is 1. The molecule has 0 saturated heterocycles. The van der Waals surface area contributed by atoms with E-state index in [2.05, 4.69) is 6.07 Å². The fourth-order valence-electron chi connectivity index (χ4n) is 1.35. The fraction of sp³-hybridized carbons (Fsp3) is 0.818. The molecule has 92 valence electrons. The molecule has 16 heavy (non-hydrogen) atoms. The van der Waals surface area contributed by atoms with Crippen LogP contribution in [-0.2, 0) is 4.79 Å². The minimum Gasteiger partial charge on any atom is -0.340 e. The number of hydrogen-bond acceptors (Lipinski definition) is 4. The third-order valence-corrected chi connectivity index (χ3v) is 3.00. The molecule has 0 bridgehead atoms. The second-order valence-electron chi connectivity index (χ2n) is 3.79. The zero-order valence-corrected chi connectivity index (χ0v) is 11.1. The van der Waals surface area contributed by atoms with Gasteiger partial charge in [-0.3, -0.25) is 4.79 Å². The highest BCUT2D eigenvalue weighted by Gasteiger charge is 2.20. The zero-order chi connectivity index (χ0) is 12.6. The van der Waals surface area contributed by atoms with Crippen molar-refractivity contribution in [3.8, 4) is 6.07 Å². The zero-order valence-electron chi connectivity index (χ0n) is 10.3. The Bertz CT molecular complexity index is 252. The first-order chi connectivity index (χ1) is 7.56. The maximum atomic E-state index is 11.9. The quantitative estimate of drug-likeness (QED) is 0.726. The van der Waals surface area contributed by atoms with Crippen LogP contribution in [0.5, 0.6) is 0 Å². The predicted octanol–water partition coefficient (Wildman–Crippen LogP) is 1.07. The fourth-order valence-corrected chi connectivity index (χ4v) is 1.84. The average molecular weight is 243 g/mol. The summed E-state index contributed by atoms with van der Waals surface area (Å²) in [4.78, 5) is 13.6. The first kappa shape index (κ1) is 15.3. The van der Waals surface area contributed by atoms with Crippen LogP contribution in [0.25, 0.3) is 0 Å². The van der Waals surface area contributed by atoms with Crippen LogP contribution < -0.4 is 5.73 Å². The van der Waals surface area contributed by atoms with Gasteiger partial charge in [0.25, 0.3) is 0 Å². The lowest BCUT2D eigenvalue weighted by Gasteiger charge is -2.25. The summed E-state index contributed by atoms with van der Waals surface area (Å²) < 4.78 is 0. The number of thioether (sulfide) groups is 1. The van der Waals surface area contributed by atoms with Crippen LogP contribution in [0.1, 0.15) is 20.3 Å². The molecule has 5 heteroatoms. The van der Waals surface area contributed by atoms with Crippen LogP contribution in [0.4, 0.5) is 0 Å². The lowest BCUT2D eigenvalue weighted by Crippen LogP contribution is -2.45. The van der Waals surface area contributed by atoms with Crippen LogP contribution in [0.2, 0.25) is 0 Å². The van der Waals surface area contributed by atoms with E-state index in [0.717, 1.165) is 5.75 Å². The van der Waals surface area contributed by atoms with Crippen LogP contribution in [-0.4, -0.2) is 41.9 Å². The summed E-state index contributed by atoms with van der Waals surface area (Å²) in [7, 11) is 0. The molecule has 0 spiro atoms. The van der Waals surface area contributed by atoms with E-state index in [-0.39, 0.29) is 11.8 Å². The Balaban J connectivity index is 4.24. The number of carbonyl (C=O) groups excluding carboxylic acids is 1. The molecule has 0 radical (unpaired) electrons. The summed E-state index contributed by atoms with van der Waals surface area (Å²) >= 11 is 1.68. The van der Waals surface area contributed by atoms with Gasteiger partial charge in [0, 0.05) is 13.1 Å². The van der Waals surface area contributed by atoms with Crippen LogP contribution in [0.15, 0.2) is 0 Å². The molecular weight excluding hydrogens is 222 g/mol. The van der Waals surface area contributed by atoms with Crippen LogP contribution >= 0.6 is 11.8 Å². The van der Waals surface area contributed by atoms with Gasteiger partial charge in [0.05, 0.1) is 18.0 Å². The Labute approximate surface area is 102 Å². The maximum absolute atomic E-state index is 11.9. The molecule has 0 fully saturated rings. The number of rotatable bonds is 7. The molecule has 0 aromatic heterocycles. The van der Waals surface area contributed by atoms with E-state index in [9.17, 15) is 4.79 Å². The van der Waals surface area contributed by atoms with E-state index in [0.29, 0.717) is 19.5 Å². The maximum Gasteiger partial charge on any atom is 0.239 e. The van der Waals surface area contributed by atoms with Gasteiger partial charge in [-0.05, 0) is 32.3 Å². The highest BCUT2D eigenvalue weighted by atomic mass is 32.2. The molecule has 0 aliphatic heterocycles. The highest BCUT2D eigenvalue weighted by Crippen LogP contribution is 2.05. The smallest absolute Gasteiger partial charge is 0.239 e. The Morgan fingerprint density at radius 2 is 2.25 bits per heavy atom. The Hall–Kier alpha value is -0.730. The monoisotopic (exact) mass is 243 g/mol. The third-order valence-electron chi connectivity index (χ3n) is 2.36. The number of nitrogens with zero attached hydrogens (tertiary/aromatic N) is 2. The Morgan fingerprint density at radius 3 is 2.69 bits per heavy atom. The number of likely N-dealkylation sites (N-methyl/N-ethyl adjacent to an activating group) is 1. The van der Waals surface area contributed by atoms with E-state index >= 15 is 0 Å². The topological polar surface area (TPSA) is 70.1 Å². The van der Waals surface area contributed by atoms with Crippen molar-refractivity contribution >= 4 is 17.7 Å². The standard InChI is InChI=1S/C11H21N3OS/c1-4-14(8-9(2)7-12)11(15)10(13)5-6-16-3/h9-10H,4-6,8,13H2,1-3H3/t9?,10-/m1/s1. The molecule has 0 aliphatic rings. The molecular formula is C11H21N3OS. The first-order valence-electron chi connectivity index (χ1n) is 5.49.